The van der Waals surface area contributed by atoms with Gasteiger partial charge in [0.15, 0.2) is 0 Å². The molecule has 0 spiro atoms. The second-order valence-corrected chi connectivity index (χ2v) is 6.83. The lowest BCUT2D eigenvalue weighted by atomic mass is 10.2. The molecule has 0 atom stereocenters. The van der Waals surface area contributed by atoms with Crippen LogP contribution in [-0.4, -0.2) is 10.5 Å². The molecule has 0 aliphatic carbocycles. The minimum absolute atomic E-state index is 0.676. The van der Waals surface area contributed by atoms with Crippen molar-refractivity contribution in [3.8, 4) is 0 Å². The maximum absolute atomic E-state index is 11.7. The lowest BCUT2D eigenvalue weighted by Gasteiger charge is -2.10. The number of anilines is 1. The van der Waals surface area contributed by atoms with Gasteiger partial charge >= 0.3 is 0 Å². The summed E-state index contributed by atoms with van der Waals surface area (Å²) in [6, 6.07) is 5.96. The summed E-state index contributed by atoms with van der Waals surface area (Å²) in [6.07, 6.45) is 1.78. The molecule has 1 aliphatic rings. The highest BCUT2D eigenvalue weighted by atomic mass is 79.9. The molecule has 0 saturated carbocycles. The molecule has 66 valence electrons. The highest BCUT2D eigenvalue weighted by molar-refractivity contribution is 9.10. The molecule has 0 amide bonds. The number of benzene rings is 1. The van der Waals surface area contributed by atoms with Gasteiger partial charge in [-0.15, -0.1) is 0 Å². The summed E-state index contributed by atoms with van der Waals surface area (Å²) in [5, 5.41) is 0. The molecular formula is C8H10BrNOS. The molecule has 0 saturated heterocycles. The van der Waals surface area contributed by atoms with Crippen LogP contribution in [0.1, 0.15) is 5.56 Å². The van der Waals surface area contributed by atoms with E-state index in [9.17, 15) is 4.21 Å². The third-order valence-corrected chi connectivity index (χ3v) is 4.05. The zero-order valence-corrected chi connectivity index (χ0v) is 9.15. The Morgan fingerprint density at radius 3 is 3.08 bits per heavy atom. The number of hydrogen-bond donors (Lipinski definition) is 2. The molecule has 12 heavy (non-hydrogen) atoms. The molecule has 0 fully saturated rings. The van der Waals surface area contributed by atoms with Gasteiger partial charge in [-0.25, -0.2) is 0 Å². The highest BCUT2D eigenvalue weighted by Gasteiger charge is 2.20. The van der Waals surface area contributed by atoms with Crippen LogP contribution in [0.15, 0.2) is 22.7 Å². The Morgan fingerprint density at radius 2 is 2.33 bits per heavy atom. The molecule has 0 radical (unpaired) electrons. The van der Waals surface area contributed by atoms with E-state index in [1.54, 1.807) is 6.26 Å². The Kier molecular flexibility index (Phi) is 1.77. The largest absolute Gasteiger partial charge is 0.326 e. The number of halogens is 1. The van der Waals surface area contributed by atoms with Crippen molar-refractivity contribution < 1.29 is 4.21 Å². The van der Waals surface area contributed by atoms with E-state index in [0.29, 0.717) is 5.75 Å². The van der Waals surface area contributed by atoms with E-state index < -0.39 is 10.1 Å². The van der Waals surface area contributed by atoms with Gasteiger partial charge in [0.25, 0.3) is 0 Å². The van der Waals surface area contributed by atoms with Gasteiger partial charge in [0.2, 0.25) is 0 Å². The molecular weight excluding hydrogens is 238 g/mol. The third kappa shape index (κ3) is 1.41. The SMILES string of the molecule is C[SH]1(=O)Cc2ccc(Br)cc2N1. The van der Waals surface area contributed by atoms with E-state index >= 15 is 0 Å². The van der Waals surface area contributed by atoms with Gasteiger partial charge in [-0.3, -0.25) is 4.21 Å². The number of hydrogen-bond acceptors (Lipinski definition) is 1. The maximum atomic E-state index is 11.7. The van der Waals surface area contributed by atoms with Crippen molar-refractivity contribution in [2.75, 3.05) is 11.0 Å². The van der Waals surface area contributed by atoms with Crippen LogP contribution in [0.5, 0.6) is 0 Å². The smallest absolute Gasteiger partial charge is 0.0496 e. The Labute approximate surface area is 81.1 Å². The van der Waals surface area contributed by atoms with Crippen molar-refractivity contribution in [3.63, 3.8) is 0 Å². The molecule has 2 rings (SSSR count). The topological polar surface area (TPSA) is 29.1 Å². The van der Waals surface area contributed by atoms with Crippen molar-refractivity contribution >= 4 is 31.7 Å². The van der Waals surface area contributed by atoms with Gasteiger partial charge in [0.05, 0.1) is 0 Å². The second-order valence-electron chi connectivity index (χ2n) is 3.17. The molecule has 1 heterocycles. The maximum Gasteiger partial charge on any atom is 0.0496 e. The number of thiol groups is 1. The summed E-state index contributed by atoms with van der Waals surface area (Å²) < 4.78 is 15.7. The molecule has 4 heteroatoms. The van der Waals surface area contributed by atoms with Gasteiger partial charge in [-0.05, 0) is 27.8 Å². The van der Waals surface area contributed by atoms with E-state index in [2.05, 4.69) is 20.7 Å². The third-order valence-electron chi connectivity index (χ3n) is 1.90. The Morgan fingerprint density at radius 1 is 1.58 bits per heavy atom. The van der Waals surface area contributed by atoms with E-state index in [4.69, 9.17) is 0 Å². The summed E-state index contributed by atoms with van der Waals surface area (Å²) >= 11 is 3.37. The Balaban J connectivity index is 2.49. The van der Waals surface area contributed by atoms with E-state index in [1.807, 2.05) is 18.2 Å². The number of nitrogens with one attached hydrogen (secondary N) is 1. The number of fused-ring (bicyclic) bond motifs is 1. The predicted molar refractivity (Wildman–Crippen MR) is 56.9 cm³/mol. The Bertz CT molecular complexity index is 377. The first-order chi connectivity index (χ1) is 5.57. The summed E-state index contributed by atoms with van der Waals surface area (Å²) in [7, 11) is -2.12. The van der Waals surface area contributed by atoms with Crippen LogP contribution >= 0.6 is 15.9 Å². The summed E-state index contributed by atoms with van der Waals surface area (Å²) in [6.45, 7) is 0. The standard InChI is InChI=1S/C8H10BrNOS/c1-12(11)5-6-2-3-7(9)4-8(6)10-12/h2-4,12H,5H2,1H3,(H,10,11). The summed E-state index contributed by atoms with van der Waals surface area (Å²) in [5.41, 5.74) is 2.17. The lowest BCUT2D eigenvalue weighted by molar-refractivity contribution is 0.679. The van der Waals surface area contributed by atoms with Crippen LogP contribution < -0.4 is 4.72 Å². The monoisotopic (exact) mass is 247 g/mol. The molecule has 1 N–H and O–H groups in total. The molecule has 1 aliphatic heterocycles. The molecule has 0 aromatic heterocycles. The molecule has 2 nitrogen and oxygen atoms in total. The van der Waals surface area contributed by atoms with Crippen LogP contribution in [-0.2, 0) is 15.9 Å². The first-order valence-electron chi connectivity index (χ1n) is 3.70. The second kappa shape index (κ2) is 2.57. The fourth-order valence-electron chi connectivity index (χ4n) is 1.41. The minimum Gasteiger partial charge on any atom is -0.326 e. The van der Waals surface area contributed by atoms with Crippen LogP contribution in [0.2, 0.25) is 0 Å². The van der Waals surface area contributed by atoms with Crippen molar-refractivity contribution in [1.82, 2.24) is 0 Å². The van der Waals surface area contributed by atoms with Crippen LogP contribution in [0.4, 0.5) is 5.69 Å². The molecule has 1 aromatic rings. The van der Waals surface area contributed by atoms with Crippen molar-refractivity contribution in [2.45, 2.75) is 5.75 Å². The van der Waals surface area contributed by atoms with Gasteiger partial charge in [0, 0.05) is 22.2 Å². The highest BCUT2D eigenvalue weighted by Crippen LogP contribution is 2.31. The van der Waals surface area contributed by atoms with E-state index in [0.717, 1.165) is 15.7 Å². The number of rotatable bonds is 0. The average molecular weight is 248 g/mol. The van der Waals surface area contributed by atoms with Crippen LogP contribution in [0.3, 0.4) is 0 Å². The summed E-state index contributed by atoms with van der Waals surface area (Å²) in [4.78, 5) is 0. The quantitative estimate of drug-likeness (QED) is 0.675. The first-order valence-corrected chi connectivity index (χ1v) is 6.83. The zero-order valence-electron chi connectivity index (χ0n) is 6.67. The van der Waals surface area contributed by atoms with Crippen molar-refractivity contribution in [3.05, 3.63) is 28.2 Å². The van der Waals surface area contributed by atoms with Gasteiger partial charge in [0.1, 0.15) is 0 Å². The van der Waals surface area contributed by atoms with E-state index in [-0.39, 0.29) is 0 Å². The zero-order chi connectivity index (χ0) is 8.77. The van der Waals surface area contributed by atoms with Gasteiger partial charge < -0.3 is 4.72 Å². The Hall–Kier alpha value is -0.350. The average Bonchev–Trinajstić information content (AvgIpc) is 2.21. The minimum atomic E-state index is -2.12. The lowest BCUT2D eigenvalue weighted by Crippen LogP contribution is -2.14. The normalized spacial score (nSPS) is 21.2. The van der Waals surface area contributed by atoms with Gasteiger partial charge in [-0.1, -0.05) is 22.0 Å². The molecule has 1 aromatic carbocycles. The first kappa shape index (κ1) is 8.26. The van der Waals surface area contributed by atoms with Crippen LogP contribution in [0, 0.1) is 0 Å². The van der Waals surface area contributed by atoms with E-state index in [1.165, 1.54) is 0 Å². The fraction of sp³-hybridized carbons (Fsp3) is 0.250. The predicted octanol–water partition coefficient (Wildman–Crippen LogP) is 1.94. The fourth-order valence-corrected chi connectivity index (χ4v) is 3.49. The van der Waals surface area contributed by atoms with Gasteiger partial charge in [-0.2, -0.15) is 0 Å². The molecule has 0 unspecified atom stereocenters. The van der Waals surface area contributed by atoms with Crippen molar-refractivity contribution in [2.24, 2.45) is 0 Å². The molecule has 0 bridgehead atoms. The van der Waals surface area contributed by atoms with Crippen molar-refractivity contribution in [1.29, 1.82) is 0 Å². The van der Waals surface area contributed by atoms with Crippen LogP contribution in [0.25, 0.3) is 0 Å². The summed E-state index contributed by atoms with van der Waals surface area (Å²) in [5.74, 6) is 0.676.